The van der Waals surface area contributed by atoms with Gasteiger partial charge in [-0.3, -0.25) is 14.4 Å². The average Bonchev–Trinajstić information content (AvgIpc) is 3.55. The van der Waals surface area contributed by atoms with E-state index in [9.17, 15) is 14.4 Å². The molecule has 3 aromatic rings. The molecule has 1 aliphatic carbocycles. The van der Waals surface area contributed by atoms with Gasteiger partial charge in [-0.2, -0.15) is 0 Å². The first-order valence-corrected chi connectivity index (χ1v) is 13.6. The number of rotatable bonds is 5. The van der Waals surface area contributed by atoms with Crippen LogP contribution in [0, 0.1) is 12.8 Å². The van der Waals surface area contributed by atoms with Crippen molar-refractivity contribution >= 4 is 39.8 Å². The lowest BCUT2D eigenvalue weighted by atomic mass is 9.90. The summed E-state index contributed by atoms with van der Waals surface area (Å²) in [5.41, 5.74) is 4.05. The zero-order valence-corrected chi connectivity index (χ0v) is 21.6. The Bertz CT molecular complexity index is 1370. The SMILES string of the molecule is CCOC(=O)c1c(N2C(=O)[C@@H]3[C@H](ON(c4ccccc4)[C@H]3c3ccc(C)cc3)C2=O)sc2c1CCCC2. The molecule has 190 valence electrons. The van der Waals surface area contributed by atoms with Crippen LogP contribution < -0.4 is 9.96 Å². The molecule has 7 nitrogen and oxygen atoms in total. The highest BCUT2D eigenvalue weighted by molar-refractivity contribution is 7.17. The Morgan fingerprint density at radius 3 is 2.49 bits per heavy atom. The summed E-state index contributed by atoms with van der Waals surface area (Å²) in [7, 11) is 0. The number of anilines is 2. The van der Waals surface area contributed by atoms with Gasteiger partial charge in [-0.15, -0.1) is 11.3 Å². The number of nitrogens with zero attached hydrogens (tertiary/aromatic N) is 2. The van der Waals surface area contributed by atoms with Crippen LogP contribution in [0.25, 0.3) is 0 Å². The highest BCUT2D eigenvalue weighted by Gasteiger charge is 2.61. The molecule has 3 atom stereocenters. The minimum atomic E-state index is -0.979. The van der Waals surface area contributed by atoms with E-state index in [-0.39, 0.29) is 12.5 Å². The number of thiophene rings is 1. The number of hydrogen-bond acceptors (Lipinski definition) is 7. The number of ether oxygens (including phenoxy) is 1. The van der Waals surface area contributed by atoms with Crippen molar-refractivity contribution in [2.24, 2.45) is 5.92 Å². The maximum Gasteiger partial charge on any atom is 0.341 e. The Labute approximate surface area is 219 Å². The topological polar surface area (TPSA) is 76.2 Å². The molecular weight excluding hydrogens is 488 g/mol. The van der Waals surface area contributed by atoms with Gasteiger partial charge < -0.3 is 4.74 Å². The van der Waals surface area contributed by atoms with E-state index in [1.807, 2.05) is 61.5 Å². The minimum Gasteiger partial charge on any atom is -0.462 e. The molecule has 1 aromatic heterocycles. The molecule has 2 fully saturated rings. The Morgan fingerprint density at radius 1 is 1.03 bits per heavy atom. The van der Waals surface area contributed by atoms with Crippen molar-refractivity contribution in [3.8, 4) is 0 Å². The molecule has 0 saturated carbocycles. The standard InChI is InChI=1S/C29H28N2O5S/c1-3-35-29(34)22-20-11-7-8-12-21(20)37-28(22)30-26(32)23-24(18-15-13-17(2)14-16-18)31(36-25(23)27(30)33)19-9-5-4-6-10-19/h4-6,9-10,13-16,23-25H,3,7-8,11-12H2,1-2H3/t23-,24-,25-/m0/s1. The molecule has 6 rings (SSSR count). The smallest absolute Gasteiger partial charge is 0.341 e. The zero-order chi connectivity index (χ0) is 25.7. The third-order valence-corrected chi connectivity index (χ3v) is 8.66. The molecular formula is C29H28N2O5S. The van der Waals surface area contributed by atoms with Gasteiger partial charge in [0.25, 0.3) is 5.91 Å². The van der Waals surface area contributed by atoms with Gasteiger partial charge in [0.1, 0.15) is 10.9 Å². The summed E-state index contributed by atoms with van der Waals surface area (Å²) in [6, 6.07) is 17.0. The van der Waals surface area contributed by atoms with Crippen molar-refractivity contribution < 1.29 is 24.0 Å². The van der Waals surface area contributed by atoms with Gasteiger partial charge in [-0.05, 0) is 62.8 Å². The number of imide groups is 1. The maximum absolute atomic E-state index is 14.1. The Kier molecular flexibility index (Phi) is 6.09. The second-order valence-electron chi connectivity index (χ2n) is 9.69. The number of para-hydroxylation sites is 1. The van der Waals surface area contributed by atoms with Crippen LogP contribution in [0.3, 0.4) is 0 Å². The lowest BCUT2D eigenvalue weighted by molar-refractivity contribution is -0.126. The van der Waals surface area contributed by atoms with Gasteiger partial charge in [0.15, 0.2) is 6.10 Å². The Hall–Kier alpha value is -3.49. The maximum atomic E-state index is 14.1. The zero-order valence-electron chi connectivity index (χ0n) is 20.8. The summed E-state index contributed by atoms with van der Waals surface area (Å²) in [4.78, 5) is 49.6. The first-order valence-electron chi connectivity index (χ1n) is 12.8. The second-order valence-corrected chi connectivity index (χ2v) is 10.8. The largest absolute Gasteiger partial charge is 0.462 e. The number of carbonyl (C=O) groups excluding carboxylic acids is 3. The summed E-state index contributed by atoms with van der Waals surface area (Å²) in [6.45, 7) is 3.99. The molecule has 0 bridgehead atoms. The Morgan fingerprint density at radius 2 is 1.76 bits per heavy atom. The lowest BCUT2D eigenvalue weighted by Crippen LogP contribution is -2.37. The summed E-state index contributed by atoms with van der Waals surface area (Å²) in [6.07, 6.45) is 2.58. The van der Waals surface area contributed by atoms with Gasteiger partial charge in [0, 0.05) is 4.88 Å². The van der Waals surface area contributed by atoms with Crippen LogP contribution in [0.15, 0.2) is 54.6 Å². The van der Waals surface area contributed by atoms with Gasteiger partial charge >= 0.3 is 5.97 Å². The molecule has 2 aromatic carbocycles. The molecule has 0 spiro atoms. The van der Waals surface area contributed by atoms with E-state index in [2.05, 4.69) is 0 Å². The van der Waals surface area contributed by atoms with Gasteiger partial charge in [-0.1, -0.05) is 48.0 Å². The fourth-order valence-electron chi connectivity index (χ4n) is 5.64. The van der Waals surface area contributed by atoms with Crippen molar-refractivity contribution in [1.82, 2.24) is 0 Å². The lowest BCUT2D eigenvalue weighted by Gasteiger charge is -2.28. The predicted octanol–water partition coefficient (Wildman–Crippen LogP) is 5.16. The molecule has 2 amide bonds. The van der Waals surface area contributed by atoms with Crippen LogP contribution in [-0.2, 0) is 32.0 Å². The number of carbonyl (C=O) groups is 3. The number of fused-ring (bicyclic) bond motifs is 2. The van der Waals surface area contributed by atoms with Gasteiger partial charge in [-0.25, -0.2) is 14.8 Å². The third kappa shape index (κ3) is 3.86. The normalized spacial score (nSPS) is 22.8. The summed E-state index contributed by atoms with van der Waals surface area (Å²) < 4.78 is 5.37. The molecule has 2 saturated heterocycles. The number of benzene rings is 2. The molecule has 0 unspecified atom stereocenters. The molecule has 8 heteroatoms. The van der Waals surface area contributed by atoms with E-state index >= 15 is 0 Å². The number of hydrogen-bond donors (Lipinski definition) is 0. The van der Waals surface area contributed by atoms with Gasteiger partial charge in [0.05, 0.1) is 23.9 Å². The molecule has 0 N–H and O–H groups in total. The van der Waals surface area contributed by atoms with Crippen LogP contribution >= 0.6 is 11.3 Å². The van der Waals surface area contributed by atoms with E-state index in [4.69, 9.17) is 9.57 Å². The summed E-state index contributed by atoms with van der Waals surface area (Å²) in [5, 5.41) is 2.08. The monoisotopic (exact) mass is 516 g/mol. The number of amides is 2. The van der Waals surface area contributed by atoms with Crippen LogP contribution in [0.4, 0.5) is 10.7 Å². The second kappa shape index (κ2) is 9.43. The fourth-order valence-corrected chi connectivity index (χ4v) is 7.03. The van der Waals surface area contributed by atoms with Crippen molar-refractivity contribution in [3.05, 3.63) is 81.7 Å². The predicted molar refractivity (Wildman–Crippen MR) is 141 cm³/mol. The van der Waals surface area contributed by atoms with Crippen molar-refractivity contribution in [3.63, 3.8) is 0 Å². The van der Waals surface area contributed by atoms with Gasteiger partial charge in [0.2, 0.25) is 5.91 Å². The summed E-state index contributed by atoms with van der Waals surface area (Å²) >= 11 is 1.37. The van der Waals surface area contributed by atoms with E-state index in [1.54, 1.807) is 12.0 Å². The minimum absolute atomic E-state index is 0.223. The van der Waals surface area contributed by atoms with Crippen LogP contribution in [0.2, 0.25) is 0 Å². The Balaban J connectivity index is 1.44. The number of aryl methyl sites for hydroxylation is 2. The van der Waals surface area contributed by atoms with Crippen LogP contribution in [-0.4, -0.2) is 30.5 Å². The van der Waals surface area contributed by atoms with Crippen molar-refractivity contribution in [2.75, 3.05) is 16.6 Å². The number of esters is 1. The molecule has 2 aliphatic heterocycles. The molecule has 37 heavy (non-hydrogen) atoms. The fraction of sp³-hybridized carbons (Fsp3) is 0.345. The van der Waals surface area contributed by atoms with Crippen molar-refractivity contribution in [2.45, 2.75) is 51.7 Å². The van der Waals surface area contributed by atoms with E-state index in [0.717, 1.165) is 52.9 Å². The van der Waals surface area contributed by atoms with E-state index < -0.39 is 29.9 Å². The molecule has 0 radical (unpaired) electrons. The summed E-state index contributed by atoms with van der Waals surface area (Å²) in [5.74, 6) is -2.00. The molecule has 3 aliphatic rings. The third-order valence-electron chi connectivity index (χ3n) is 7.38. The first-order chi connectivity index (χ1) is 18.0. The highest BCUT2D eigenvalue weighted by atomic mass is 32.1. The van der Waals surface area contributed by atoms with Crippen molar-refractivity contribution in [1.29, 1.82) is 0 Å². The van der Waals surface area contributed by atoms with E-state index in [1.165, 1.54) is 16.2 Å². The highest BCUT2D eigenvalue weighted by Crippen LogP contribution is 2.50. The van der Waals surface area contributed by atoms with E-state index in [0.29, 0.717) is 10.6 Å². The first kappa shape index (κ1) is 23.9. The quantitative estimate of drug-likeness (QED) is 0.344. The number of hydroxylamine groups is 1. The molecule has 3 heterocycles. The van der Waals surface area contributed by atoms with Crippen LogP contribution in [0.5, 0.6) is 0 Å². The average molecular weight is 517 g/mol. The van der Waals surface area contributed by atoms with Crippen LogP contribution in [0.1, 0.15) is 57.7 Å².